The molecule has 0 aliphatic carbocycles. The number of anilines is 4. The number of Topliss-reactive ketones (excluding diaryl/α,β-unsaturated/α-hetero) is 1. The molecule has 110 heavy (non-hydrogen) atoms. The van der Waals surface area contributed by atoms with Crippen LogP contribution in [0.2, 0.25) is 0 Å². The first-order chi connectivity index (χ1) is 53.9. The van der Waals surface area contributed by atoms with E-state index >= 15 is 0 Å². The zero-order valence-electron chi connectivity index (χ0n) is 60.0. The Kier molecular flexibility index (Phi) is 22.9. The molecular formula is C80H72N16O6S8. The number of aromatic nitrogens is 9. The third-order valence-electron chi connectivity index (χ3n) is 18.8. The molecule has 11 heterocycles. The Morgan fingerprint density at radius 1 is 0.491 bits per heavy atom. The molecule has 2 aliphatic rings. The van der Waals surface area contributed by atoms with Crippen LogP contribution in [0.3, 0.4) is 0 Å². The minimum atomic E-state index is -0.216. The van der Waals surface area contributed by atoms with E-state index in [9.17, 15) is 19.2 Å². The predicted molar refractivity (Wildman–Crippen MR) is 456 cm³/mol. The molecule has 17 aromatic rings. The highest BCUT2D eigenvalue weighted by Crippen LogP contribution is 2.38. The second-order valence-corrected chi connectivity index (χ2v) is 33.9. The summed E-state index contributed by atoms with van der Waals surface area (Å²) in [6, 6.07) is 45.0. The number of aryl methyl sites for hydroxylation is 1. The highest BCUT2D eigenvalue weighted by Gasteiger charge is 2.21. The summed E-state index contributed by atoms with van der Waals surface area (Å²) < 4.78 is 20.0. The summed E-state index contributed by atoms with van der Waals surface area (Å²) in [5, 5.41) is 18.2. The molecule has 30 heteroatoms. The van der Waals surface area contributed by atoms with Gasteiger partial charge in [-0.05, 0) is 167 Å². The Hall–Kier alpha value is -10.1. The van der Waals surface area contributed by atoms with Crippen molar-refractivity contribution in [3.05, 3.63) is 189 Å². The number of piperidine rings is 1. The number of benzene rings is 8. The first kappa shape index (κ1) is 74.0. The fraction of sp³-hybridized carbons (Fsp3) is 0.237. The summed E-state index contributed by atoms with van der Waals surface area (Å²) in [7, 11) is 0. The number of carbonyl (C=O) groups excluding carboxylic acids is 4. The van der Waals surface area contributed by atoms with Crippen LogP contribution < -0.4 is 30.9 Å². The normalized spacial score (nSPS) is 13.4. The fourth-order valence-electron chi connectivity index (χ4n) is 13.2. The summed E-state index contributed by atoms with van der Waals surface area (Å²) in [5.74, 6) is 0.541. The van der Waals surface area contributed by atoms with Gasteiger partial charge >= 0.3 is 6.03 Å². The van der Waals surface area contributed by atoms with Crippen molar-refractivity contribution < 1.29 is 28.7 Å². The van der Waals surface area contributed by atoms with Gasteiger partial charge in [-0.25, -0.2) is 44.7 Å². The summed E-state index contributed by atoms with van der Waals surface area (Å²) in [6.07, 6.45) is 5.78. The van der Waals surface area contributed by atoms with Crippen LogP contribution in [0.1, 0.15) is 74.2 Å². The highest BCUT2D eigenvalue weighted by molar-refractivity contribution is 7.26. The van der Waals surface area contributed by atoms with E-state index in [2.05, 4.69) is 101 Å². The number of urea groups is 1. The molecule has 0 unspecified atom stereocenters. The Morgan fingerprint density at radius 2 is 1.04 bits per heavy atom. The molecule has 2 aliphatic heterocycles. The van der Waals surface area contributed by atoms with Crippen molar-refractivity contribution in [2.75, 3.05) is 99.6 Å². The molecule has 4 N–H and O–H groups in total. The topological polar surface area (TPSA) is 261 Å². The van der Waals surface area contributed by atoms with Crippen LogP contribution in [0, 0.1) is 6.92 Å². The van der Waals surface area contributed by atoms with Crippen LogP contribution in [0.5, 0.6) is 5.75 Å². The van der Waals surface area contributed by atoms with E-state index in [0.29, 0.717) is 46.1 Å². The molecule has 0 spiro atoms. The lowest BCUT2D eigenvalue weighted by molar-refractivity contribution is 0.0322. The van der Waals surface area contributed by atoms with E-state index < -0.39 is 0 Å². The first-order valence-corrected chi connectivity index (χ1v) is 42.7. The minimum Gasteiger partial charge on any atom is -0.492 e. The average Bonchev–Trinajstić information content (AvgIpc) is 1.64. The Balaban J connectivity index is 0.000000112. The van der Waals surface area contributed by atoms with Crippen molar-refractivity contribution in [1.82, 2.24) is 60.0 Å². The molecule has 22 nitrogen and oxygen atoms in total. The summed E-state index contributed by atoms with van der Waals surface area (Å²) >= 11 is 12.4. The van der Waals surface area contributed by atoms with Gasteiger partial charge in [0.2, 0.25) is 0 Å². The number of nitrogens with one attached hydrogen (secondary N) is 4. The van der Waals surface area contributed by atoms with Crippen LogP contribution in [0.15, 0.2) is 162 Å². The van der Waals surface area contributed by atoms with Gasteiger partial charge in [0.1, 0.15) is 39.4 Å². The van der Waals surface area contributed by atoms with Gasteiger partial charge in [-0.1, -0.05) is 70.8 Å². The van der Waals surface area contributed by atoms with Crippen LogP contribution in [-0.2, 0) is 11.2 Å². The number of hydrogen-bond acceptors (Lipinski definition) is 26. The first-order valence-electron chi connectivity index (χ1n) is 36.0. The van der Waals surface area contributed by atoms with Gasteiger partial charge in [0.25, 0.3) is 11.8 Å². The lowest BCUT2D eigenvalue weighted by Gasteiger charge is -2.26. The number of morpholine rings is 1. The van der Waals surface area contributed by atoms with Crippen LogP contribution >= 0.6 is 90.7 Å². The number of ketones is 1. The number of thiazole rings is 8. The summed E-state index contributed by atoms with van der Waals surface area (Å²) in [4.78, 5) is 97.7. The molecule has 0 saturated carbocycles. The molecular weight excluding hydrogens is 1540 g/mol. The molecule has 2 saturated heterocycles. The van der Waals surface area contributed by atoms with Crippen molar-refractivity contribution in [3.63, 3.8) is 0 Å². The zero-order chi connectivity index (χ0) is 75.0. The number of rotatable bonds is 18. The Morgan fingerprint density at radius 3 is 1.67 bits per heavy atom. The van der Waals surface area contributed by atoms with Crippen molar-refractivity contribution in [2.45, 2.75) is 46.5 Å². The molecule has 19 rings (SSSR count). The summed E-state index contributed by atoms with van der Waals surface area (Å²) in [5.41, 5.74) is 16.7. The van der Waals surface area contributed by atoms with Gasteiger partial charge in [-0.15, -0.1) is 56.7 Å². The van der Waals surface area contributed by atoms with E-state index in [1.807, 2.05) is 157 Å². The maximum absolute atomic E-state index is 12.9. The Labute approximate surface area is 662 Å². The fourth-order valence-corrected chi connectivity index (χ4v) is 20.2. The van der Waals surface area contributed by atoms with Gasteiger partial charge in [-0.3, -0.25) is 40.2 Å². The van der Waals surface area contributed by atoms with E-state index in [4.69, 9.17) is 9.47 Å². The maximum atomic E-state index is 12.9. The van der Waals surface area contributed by atoms with Gasteiger partial charge in [0, 0.05) is 74.2 Å². The average molecular weight is 1610 g/mol. The second kappa shape index (κ2) is 34.0. The standard InChI is InChI=1S/C25H22N4O3S2.C21H21N3OS2.C18H10N4OS2.C16H19N5OS2/c30-24(28-25-27-20-5-6-21-22(23(20)34-25)26-15-33-21)18-2-1-17-14-19(4-3-16(17)13-18)32-12-9-29-7-10-31-11-8-29;1-4-24(5-2)15-8-6-14(7-9-15)17(25)12-19-23-16-10-11-18-20(21(16)27-19)22-13(3)26-18;23-17(11-7-10-3-1-2-4-12(10)19-8-11)22-18-21-13-5-6-14-15(16(13)25-18)20-9-24-14;22-15(17-6-9-21-7-2-1-3-8-21)20-16-19-11-4-5-12-13(14(11)24-16)18-10-23-12/h1-6,13-15H,7-12H2,(H,27,28,30);6-11H,4-5,12H2,1-3H3;1-9H,(H,21,22,23);4-5,10H,1-3,6-9H2,(H2,17,19,20,22). The highest BCUT2D eigenvalue weighted by atomic mass is 32.1. The number of hydrogen-bond donors (Lipinski definition) is 4. The smallest absolute Gasteiger partial charge is 0.321 e. The number of para-hydroxylation sites is 1. The molecule has 8 aromatic carbocycles. The van der Waals surface area contributed by atoms with Gasteiger partial charge in [-0.2, -0.15) is 0 Å². The van der Waals surface area contributed by atoms with Crippen molar-refractivity contribution in [1.29, 1.82) is 0 Å². The molecule has 0 bridgehead atoms. The number of carbonyl (C=O) groups is 4. The number of pyridine rings is 1. The SMILES string of the molecule is CCN(CC)c1ccc(C(=O)Cc2nc3ccc4sc(C)nc4c3s2)cc1.O=C(NCCN1CCCCC1)Nc1nc2ccc3scnc3c2s1.O=C(Nc1nc2ccc3scnc3c2s1)c1ccc2cc(OCCN3CCOCC3)ccc2c1.O=C(Nc1nc2ccc3scnc3c2s1)c1cnc2ccccc2c1. The molecule has 0 atom stereocenters. The third-order valence-corrected chi connectivity index (χ3v) is 26.2. The largest absolute Gasteiger partial charge is 0.492 e. The number of ether oxygens (including phenoxy) is 2. The van der Waals surface area contributed by atoms with E-state index in [1.54, 1.807) is 62.9 Å². The predicted octanol–water partition coefficient (Wildman–Crippen LogP) is 18.7. The number of likely N-dealkylation sites (tertiary alicyclic amines) is 1. The lowest BCUT2D eigenvalue weighted by Crippen LogP contribution is -2.39. The third kappa shape index (κ3) is 17.1. The monoisotopic (exact) mass is 1610 g/mol. The van der Waals surface area contributed by atoms with Gasteiger partial charge in [0.15, 0.2) is 21.2 Å². The van der Waals surface area contributed by atoms with Gasteiger partial charge < -0.3 is 24.6 Å². The quantitative estimate of drug-likeness (QED) is 0.0582. The van der Waals surface area contributed by atoms with Gasteiger partial charge in [0.05, 0.1) is 112 Å². The molecule has 0 radical (unpaired) electrons. The van der Waals surface area contributed by atoms with Crippen molar-refractivity contribution in [2.24, 2.45) is 0 Å². The van der Waals surface area contributed by atoms with Crippen LogP contribution in [0.4, 0.5) is 25.9 Å². The number of fused-ring (bicyclic) bond motifs is 14. The maximum Gasteiger partial charge on any atom is 0.321 e. The summed E-state index contributed by atoms with van der Waals surface area (Å²) in [6.45, 7) is 17.1. The molecule has 9 aromatic heterocycles. The minimum absolute atomic E-state index is 0.103. The lowest BCUT2D eigenvalue weighted by atomic mass is 10.1. The molecule has 4 amide bonds. The number of nitrogens with zero attached hydrogens (tertiary/aromatic N) is 12. The Bertz CT molecular complexity index is 6190. The van der Waals surface area contributed by atoms with Crippen molar-refractivity contribution >= 4 is 239 Å². The van der Waals surface area contributed by atoms with E-state index in [-0.39, 0.29) is 23.6 Å². The van der Waals surface area contributed by atoms with Crippen LogP contribution in [-0.4, -0.2) is 157 Å². The van der Waals surface area contributed by atoms with Crippen LogP contribution in [0.25, 0.3) is 103 Å². The second-order valence-electron chi connectivity index (χ2n) is 26.0. The van der Waals surface area contributed by atoms with E-state index in [1.165, 1.54) is 58.0 Å². The van der Waals surface area contributed by atoms with E-state index in [0.717, 1.165) is 191 Å². The van der Waals surface area contributed by atoms with Crippen molar-refractivity contribution in [3.8, 4) is 5.75 Å². The zero-order valence-corrected chi connectivity index (χ0v) is 66.5. The molecule has 556 valence electrons. The number of amides is 4. The molecule has 2 fully saturated rings.